The van der Waals surface area contributed by atoms with E-state index in [9.17, 15) is 20.2 Å². The van der Waals surface area contributed by atoms with Crippen LogP contribution in [0.4, 0.5) is 5.69 Å². The fraction of sp³-hybridized carbons (Fsp3) is 0.125. The van der Waals surface area contributed by atoms with Gasteiger partial charge in [-0.2, -0.15) is 5.26 Å². The van der Waals surface area contributed by atoms with Crippen LogP contribution in [0.15, 0.2) is 28.7 Å². The number of carbonyl (C=O) groups excluding carboxylic acids is 1. The number of nitrogens with one attached hydrogen (secondary N) is 2. The number of rotatable bonds is 4. The lowest BCUT2D eigenvalue weighted by Gasteiger charge is -2.07. The molecule has 1 aromatic carbocycles. The SMILES string of the molecule is CCOC(=O)c1[nH]nc2oc(=N)c(C#N)c(-c3cccc([N+](=O)[O-])c3)c12. The number of benzene rings is 1. The van der Waals surface area contributed by atoms with E-state index in [-0.39, 0.29) is 45.8 Å². The summed E-state index contributed by atoms with van der Waals surface area (Å²) in [6, 6.07) is 7.36. The minimum absolute atomic E-state index is 0.0661. The van der Waals surface area contributed by atoms with E-state index in [1.807, 2.05) is 6.07 Å². The molecule has 0 unspecified atom stereocenters. The molecule has 0 saturated carbocycles. The molecule has 0 aliphatic rings. The summed E-state index contributed by atoms with van der Waals surface area (Å²) in [4.78, 5) is 22.7. The second-order valence-electron chi connectivity index (χ2n) is 5.10. The maximum absolute atomic E-state index is 12.2. The summed E-state index contributed by atoms with van der Waals surface area (Å²) >= 11 is 0. The zero-order chi connectivity index (χ0) is 18.8. The average Bonchev–Trinajstić information content (AvgIpc) is 3.04. The predicted octanol–water partition coefficient (Wildman–Crippen LogP) is 2.26. The first-order valence-corrected chi connectivity index (χ1v) is 7.39. The van der Waals surface area contributed by atoms with Crippen LogP contribution in [0.3, 0.4) is 0 Å². The lowest BCUT2D eigenvalue weighted by molar-refractivity contribution is -0.384. The lowest BCUT2D eigenvalue weighted by atomic mass is 9.97. The van der Waals surface area contributed by atoms with Crippen LogP contribution in [0.5, 0.6) is 0 Å². The average molecular weight is 353 g/mol. The number of hydrogen-bond acceptors (Lipinski definition) is 8. The van der Waals surface area contributed by atoms with Crippen LogP contribution in [0.1, 0.15) is 23.0 Å². The summed E-state index contributed by atoms with van der Waals surface area (Å²) in [5.74, 6) is -0.724. The molecule has 0 bridgehead atoms. The van der Waals surface area contributed by atoms with Crippen LogP contribution in [0, 0.1) is 26.9 Å². The van der Waals surface area contributed by atoms with Crippen LogP contribution < -0.4 is 5.55 Å². The van der Waals surface area contributed by atoms with E-state index >= 15 is 0 Å². The molecule has 0 atom stereocenters. The molecule has 130 valence electrons. The standard InChI is InChI=1S/C16H11N5O5/c1-2-25-16(22)13-12-11(8-4-3-5-9(6-8)21(23)24)10(7-17)14(18)26-15(12)20-19-13/h3-6,18H,2H2,1H3,(H,19,20). The van der Waals surface area contributed by atoms with Crippen molar-refractivity contribution in [3.63, 3.8) is 0 Å². The van der Waals surface area contributed by atoms with E-state index in [0.29, 0.717) is 0 Å². The Morgan fingerprint density at radius 3 is 2.96 bits per heavy atom. The molecule has 10 nitrogen and oxygen atoms in total. The van der Waals surface area contributed by atoms with Crippen LogP contribution >= 0.6 is 0 Å². The number of nitrogens with zero attached hydrogens (tertiary/aromatic N) is 3. The molecule has 3 rings (SSSR count). The molecule has 26 heavy (non-hydrogen) atoms. The van der Waals surface area contributed by atoms with Gasteiger partial charge >= 0.3 is 5.97 Å². The number of non-ortho nitro benzene ring substituents is 1. The van der Waals surface area contributed by atoms with Crippen molar-refractivity contribution in [3.05, 3.63) is 51.2 Å². The van der Waals surface area contributed by atoms with E-state index < -0.39 is 16.4 Å². The summed E-state index contributed by atoms with van der Waals surface area (Å²) in [6.45, 7) is 1.75. The molecule has 0 spiro atoms. The molecule has 2 N–H and O–H groups in total. The first kappa shape index (κ1) is 16.8. The van der Waals surface area contributed by atoms with E-state index in [0.717, 1.165) is 0 Å². The van der Waals surface area contributed by atoms with Crippen LogP contribution in [-0.4, -0.2) is 27.7 Å². The van der Waals surface area contributed by atoms with Crippen molar-refractivity contribution in [3.8, 4) is 17.2 Å². The topological polar surface area (TPSA) is 159 Å². The Morgan fingerprint density at radius 2 is 2.31 bits per heavy atom. The van der Waals surface area contributed by atoms with Gasteiger partial charge in [-0.25, -0.2) is 4.79 Å². The van der Waals surface area contributed by atoms with Gasteiger partial charge in [0.1, 0.15) is 11.6 Å². The summed E-state index contributed by atoms with van der Waals surface area (Å²) in [5.41, 5.74) is -0.583. The quantitative estimate of drug-likeness (QED) is 0.413. The number of carbonyl (C=O) groups is 1. The summed E-state index contributed by atoms with van der Waals surface area (Å²) < 4.78 is 10.2. The fourth-order valence-corrected chi connectivity index (χ4v) is 2.54. The third-order valence-corrected chi connectivity index (χ3v) is 3.60. The van der Waals surface area contributed by atoms with Gasteiger partial charge in [0.05, 0.1) is 16.9 Å². The fourth-order valence-electron chi connectivity index (χ4n) is 2.54. The Kier molecular flexibility index (Phi) is 4.20. The van der Waals surface area contributed by atoms with Crippen LogP contribution in [-0.2, 0) is 4.74 Å². The normalized spacial score (nSPS) is 10.5. The van der Waals surface area contributed by atoms with Gasteiger partial charge in [0.15, 0.2) is 5.69 Å². The van der Waals surface area contributed by atoms with Gasteiger partial charge in [-0.15, -0.1) is 5.10 Å². The highest BCUT2D eigenvalue weighted by Gasteiger charge is 2.25. The first-order valence-electron chi connectivity index (χ1n) is 7.39. The van der Waals surface area contributed by atoms with Crippen molar-refractivity contribution in [2.75, 3.05) is 6.61 Å². The second-order valence-corrected chi connectivity index (χ2v) is 5.10. The molecule has 0 aliphatic carbocycles. The minimum atomic E-state index is -0.724. The molecule has 0 fully saturated rings. The number of nitriles is 1. The van der Waals surface area contributed by atoms with Crippen LogP contribution in [0.25, 0.3) is 22.2 Å². The van der Waals surface area contributed by atoms with Crippen molar-refractivity contribution in [1.82, 2.24) is 10.2 Å². The number of nitro groups is 1. The van der Waals surface area contributed by atoms with Crippen molar-refractivity contribution >= 4 is 22.8 Å². The highest BCUT2D eigenvalue weighted by Crippen LogP contribution is 2.33. The largest absolute Gasteiger partial charge is 0.461 e. The van der Waals surface area contributed by atoms with Gasteiger partial charge in [-0.1, -0.05) is 12.1 Å². The maximum Gasteiger partial charge on any atom is 0.357 e. The number of H-pyrrole nitrogens is 1. The summed E-state index contributed by atoms with van der Waals surface area (Å²) in [5, 5.41) is 34.9. The maximum atomic E-state index is 12.2. The Morgan fingerprint density at radius 1 is 1.54 bits per heavy atom. The molecule has 2 heterocycles. The third-order valence-electron chi connectivity index (χ3n) is 3.60. The molecule has 0 saturated heterocycles. The van der Waals surface area contributed by atoms with Gasteiger partial charge in [-0.05, 0) is 12.5 Å². The molecule has 2 aromatic heterocycles. The van der Waals surface area contributed by atoms with E-state index in [4.69, 9.17) is 14.6 Å². The van der Waals surface area contributed by atoms with Gasteiger partial charge in [0.25, 0.3) is 5.69 Å². The molecule has 0 radical (unpaired) electrons. The molecule has 0 amide bonds. The lowest BCUT2D eigenvalue weighted by Crippen LogP contribution is -2.09. The predicted molar refractivity (Wildman–Crippen MR) is 87.0 cm³/mol. The number of hydrogen-bond donors (Lipinski definition) is 2. The Bertz CT molecular complexity index is 1140. The summed E-state index contributed by atoms with van der Waals surface area (Å²) in [7, 11) is 0. The summed E-state index contributed by atoms with van der Waals surface area (Å²) in [6.07, 6.45) is 0. The molecular weight excluding hydrogens is 342 g/mol. The van der Waals surface area contributed by atoms with Crippen molar-refractivity contribution in [2.24, 2.45) is 0 Å². The number of aromatic nitrogens is 2. The Balaban J connectivity index is 2.42. The third kappa shape index (κ3) is 2.67. The van der Waals surface area contributed by atoms with Crippen molar-refractivity contribution < 1.29 is 18.9 Å². The van der Waals surface area contributed by atoms with E-state index in [1.165, 1.54) is 24.3 Å². The highest BCUT2D eigenvalue weighted by atomic mass is 16.6. The number of nitro benzene ring substituents is 1. The zero-order valence-corrected chi connectivity index (χ0v) is 13.4. The van der Waals surface area contributed by atoms with Crippen molar-refractivity contribution in [1.29, 1.82) is 10.7 Å². The number of aromatic amines is 1. The Labute approximate surface area is 145 Å². The monoisotopic (exact) mass is 353 g/mol. The van der Waals surface area contributed by atoms with Crippen molar-refractivity contribution in [2.45, 2.75) is 6.92 Å². The molecule has 0 aliphatic heterocycles. The van der Waals surface area contributed by atoms with E-state index in [2.05, 4.69) is 10.2 Å². The van der Waals surface area contributed by atoms with Gasteiger partial charge in [-0.3, -0.25) is 20.6 Å². The smallest absolute Gasteiger partial charge is 0.357 e. The zero-order valence-electron chi connectivity index (χ0n) is 13.4. The molecule has 10 heteroatoms. The minimum Gasteiger partial charge on any atom is -0.461 e. The number of esters is 1. The molecular formula is C16H11N5O5. The first-order chi connectivity index (χ1) is 12.5. The Hall–Kier alpha value is -4.00. The highest BCUT2D eigenvalue weighted by molar-refractivity contribution is 6.08. The molecule has 3 aromatic rings. The number of ether oxygens (including phenoxy) is 1. The van der Waals surface area contributed by atoms with E-state index in [1.54, 1.807) is 6.92 Å². The van der Waals surface area contributed by atoms with Crippen LogP contribution in [0.2, 0.25) is 0 Å². The van der Waals surface area contributed by atoms with Gasteiger partial charge in [0, 0.05) is 17.7 Å². The second kappa shape index (κ2) is 6.48. The van der Waals surface area contributed by atoms with Gasteiger partial charge < -0.3 is 9.15 Å². The van der Waals surface area contributed by atoms with Gasteiger partial charge in [0.2, 0.25) is 11.3 Å². The number of fused-ring (bicyclic) bond motifs is 1.